The molecule has 0 atom stereocenters. The Kier molecular flexibility index (Phi) is 2.88. The topological polar surface area (TPSA) is 58.0 Å². The van der Waals surface area contributed by atoms with Crippen molar-refractivity contribution in [1.82, 2.24) is 9.55 Å². The zero-order valence-corrected chi connectivity index (χ0v) is 11.7. The van der Waals surface area contributed by atoms with E-state index >= 15 is 0 Å². The summed E-state index contributed by atoms with van der Waals surface area (Å²) < 4.78 is 2.33. The third-order valence-electron chi connectivity index (χ3n) is 3.13. The van der Waals surface area contributed by atoms with Crippen molar-refractivity contribution in [1.29, 1.82) is 0 Å². The molecule has 3 rings (SSSR count). The summed E-state index contributed by atoms with van der Waals surface area (Å²) in [4.78, 5) is 14.1. The summed E-state index contributed by atoms with van der Waals surface area (Å²) in [5.41, 5.74) is 1.25. The Labute approximate surface area is 117 Å². The average molecular weight is 295 g/mol. The molecule has 6 heteroatoms. The molecule has 2 N–H and O–H groups in total. The number of benzene rings is 1. The van der Waals surface area contributed by atoms with Gasteiger partial charge in [-0.2, -0.15) is 0 Å². The van der Waals surface area contributed by atoms with Crippen LogP contribution >= 0.6 is 22.9 Å². The summed E-state index contributed by atoms with van der Waals surface area (Å²) in [7, 11) is 1.53. The van der Waals surface area contributed by atoms with E-state index in [1.54, 1.807) is 11.3 Å². The Balaban J connectivity index is 2.08. The summed E-state index contributed by atoms with van der Waals surface area (Å²) in [5, 5.41) is 13.6. The highest BCUT2D eigenvalue weighted by Crippen LogP contribution is 2.30. The molecule has 2 aromatic heterocycles. The second-order valence-electron chi connectivity index (χ2n) is 4.37. The number of halogens is 1. The number of nitrogens with zero attached hydrogens (tertiary/aromatic N) is 1. The van der Waals surface area contributed by atoms with Gasteiger partial charge in [-0.25, -0.2) is 4.79 Å². The van der Waals surface area contributed by atoms with E-state index in [0.717, 1.165) is 15.6 Å². The third-order valence-corrected chi connectivity index (χ3v) is 4.38. The van der Waals surface area contributed by atoms with Crippen LogP contribution < -0.4 is 5.69 Å². The molecule has 19 heavy (non-hydrogen) atoms. The Morgan fingerprint density at radius 1 is 1.47 bits per heavy atom. The lowest BCUT2D eigenvalue weighted by molar-refractivity contribution is 0.424. The molecule has 0 radical (unpaired) electrons. The van der Waals surface area contributed by atoms with Gasteiger partial charge in [0.2, 0.25) is 5.88 Å². The molecular formula is C13H11ClN2O2S. The molecular weight excluding hydrogens is 284 g/mol. The Bertz CT molecular complexity index is 816. The van der Waals surface area contributed by atoms with Gasteiger partial charge in [0.15, 0.2) is 0 Å². The molecule has 0 bridgehead atoms. The first-order chi connectivity index (χ1) is 9.06. The number of H-pyrrole nitrogens is 1. The Morgan fingerprint density at radius 2 is 2.26 bits per heavy atom. The van der Waals surface area contributed by atoms with Gasteiger partial charge >= 0.3 is 5.69 Å². The lowest BCUT2D eigenvalue weighted by Gasteiger charge is -1.99. The lowest BCUT2D eigenvalue weighted by Crippen LogP contribution is -2.11. The number of aromatic amines is 1. The summed E-state index contributed by atoms with van der Waals surface area (Å²) >= 11 is 7.62. The molecule has 98 valence electrons. The minimum absolute atomic E-state index is 0.0219. The van der Waals surface area contributed by atoms with E-state index in [1.807, 2.05) is 23.6 Å². The number of imidazole rings is 1. The second kappa shape index (κ2) is 4.43. The van der Waals surface area contributed by atoms with Gasteiger partial charge in [-0.15, -0.1) is 11.3 Å². The maximum absolute atomic E-state index is 11.4. The van der Waals surface area contributed by atoms with Gasteiger partial charge in [-0.1, -0.05) is 11.6 Å². The van der Waals surface area contributed by atoms with Crippen molar-refractivity contribution >= 4 is 33.0 Å². The number of fused-ring (bicyclic) bond motifs is 1. The minimum atomic E-state index is -0.315. The standard InChI is InChI=1S/C13H11ClN2O2S/c1-16-12(17)10(15-13(16)18)4-7-6-19-11-3-2-8(14)5-9(7)11/h2-3,5-6,17H,4H2,1H3,(H,15,18). The quantitative estimate of drug-likeness (QED) is 0.763. The van der Waals surface area contributed by atoms with E-state index in [9.17, 15) is 9.90 Å². The third kappa shape index (κ3) is 2.05. The van der Waals surface area contributed by atoms with Crippen LogP contribution in [0.5, 0.6) is 5.88 Å². The van der Waals surface area contributed by atoms with Crippen molar-refractivity contribution in [2.75, 3.05) is 0 Å². The van der Waals surface area contributed by atoms with E-state index in [4.69, 9.17) is 11.6 Å². The van der Waals surface area contributed by atoms with Crippen LogP contribution in [0.4, 0.5) is 0 Å². The van der Waals surface area contributed by atoms with Crippen LogP contribution in [0.3, 0.4) is 0 Å². The number of aromatic nitrogens is 2. The molecule has 0 saturated heterocycles. The normalized spacial score (nSPS) is 11.3. The highest BCUT2D eigenvalue weighted by Gasteiger charge is 2.13. The Hall–Kier alpha value is -1.72. The van der Waals surface area contributed by atoms with Gasteiger partial charge in [0.1, 0.15) is 0 Å². The average Bonchev–Trinajstić information content (AvgIpc) is 2.88. The van der Waals surface area contributed by atoms with Crippen molar-refractivity contribution in [3.8, 4) is 5.88 Å². The van der Waals surface area contributed by atoms with Crippen LogP contribution in [-0.2, 0) is 13.5 Å². The first kappa shape index (κ1) is 12.3. The van der Waals surface area contributed by atoms with Crippen molar-refractivity contribution < 1.29 is 5.11 Å². The molecule has 3 aromatic rings. The molecule has 2 heterocycles. The number of thiophene rings is 1. The smallest absolute Gasteiger partial charge is 0.328 e. The number of hydrogen-bond acceptors (Lipinski definition) is 3. The molecule has 0 fully saturated rings. The van der Waals surface area contributed by atoms with Crippen molar-refractivity contribution in [2.45, 2.75) is 6.42 Å². The number of aromatic hydroxyl groups is 1. The highest BCUT2D eigenvalue weighted by atomic mass is 35.5. The van der Waals surface area contributed by atoms with Gasteiger partial charge in [0.25, 0.3) is 0 Å². The van der Waals surface area contributed by atoms with Gasteiger partial charge in [-0.05, 0) is 34.5 Å². The van der Waals surface area contributed by atoms with Gasteiger partial charge in [0, 0.05) is 23.2 Å². The molecule has 1 aromatic carbocycles. The van der Waals surface area contributed by atoms with Crippen LogP contribution in [0.1, 0.15) is 11.3 Å². The van der Waals surface area contributed by atoms with Crippen molar-refractivity contribution in [2.24, 2.45) is 7.05 Å². The van der Waals surface area contributed by atoms with Crippen LogP contribution in [0.2, 0.25) is 5.02 Å². The maximum atomic E-state index is 11.4. The molecule has 0 spiro atoms. The maximum Gasteiger partial charge on any atom is 0.328 e. The fourth-order valence-electron chi connectivity index (χ4n) is 2.07. The summed E-state index contributed by atoms with van der Waals surface area (Å²) in [6.45, 7) is 0. The zero-order chi connectivity index (χ0) is 13.6. The largest absolute Gasteiger partial charge is 0.493 e. The first-order valence-electron chi connectivity index (χ1n) is 5.68. The monoisotopic (exact) mass is 294 g/mol. The molecule has 0 aliphatic carbocycles. The fourth-order valence-corrected chi connectivity index (χ4v) is 3.19. The van der Waals surface area contributed by atoms with E-state index in [-0.39, 0.29) is 11.6 Å². The second-order valence-corrected chi connectivity index (χ2v) is 5.72. The SMILES string of the molecule is Cn1c(O)c(Cc2csc3ccc(Cl)cc23)[nH]c1=O. The van der Waals surface area contributed by atoms with Crippen molar-refractivity contribution in [3.05, 3.63) is 50.3 Å². The summed E-state index contributed by atoms with van der Waals surface area (Å²) in [6.07, 6.45) is 0.474. The zero-order valence-electron chi connectivity index (χ0n) is 10.1. The van der Waals surface area contributed by atoms with E-state index in [0.29, 0.717) is 17.1 Å². The van der Waals surface area contributed by atoms with E-state index < -0.39 is 0 Å². The van der Waals surface area contributed by atoms with Gasteiger partial charge in [0.05, 0.1) is 5.69 Å². The molecule has 0 amide bonds. The molecule has 0 aliphatic rings. The number of nitrogens with one attached hydrogen (secondary N) is 1. The molecule has 0 unspecified atom stereocenters. The first-order valence-corrected chi connectivity index (χ1v) is 6.94. The highest BCUT2D eigenvalue weighted by molar-refractivity contribution is 7.17. The van der Waals surface area contributed by atoms with E-state index in [2.05, 4.69) is 4.98 Å². The predicted molar refractivity (Wildman–Crippen MR) is 77.3 cm³/mol. The molecule has 0 aliphatic heterocycles. The molecule has 0 saturated carbocycles. The van der Waals surface area contributed by atoms with Gasteiger partial charge < -0.3 is 10.1 Å². The summed E-state index contributed by atoms with van der Waals surface area (Å²) in [6, 6.07) is 5.73. The Morgan fingerprint density at radius 3 is 2.95 bits per heavy atom. The van der Waals surface area contributed by atoms with Crippen molar-refractivity contribution in [3.63, 3.8) is 0 Å². The lowest BCUT2D eigenvalue weighted by atomic mass is 10.1. The van der Waals surface area contributed by atoms with Crippen LogP contribution in [0.25, 0.3) is 10.1 Å². The van der Waals surface area contributed by atoms with E-state index in [1.165, 1.54) is 11.6 Å². The number of hydrogen-bond donors (Lipinski definition) is 2. The fraction of sp³-hybridized carbons (Fsp3) is 0.154. The van der Waals surface area contributed by atoms with Crippen LogP contribution in [0.15, 0.2) is 28.4 Å². The van der Waals surface area contributed by atoms with Crippen LogP contribution in [-0.4, -0.2) is 14.7 Å². The minimum Gasteiger partial charge on any atom is -0.493 e. The number of rotatable bonds is 2. The van der Waals surface area contributed by atoms with Crippen LogP contribution in [0, 0.1) is 0 Å². The van der Waals surface area contributed by atoms with Gasteiger partial charge in [-0.3, -0.25) is 4.57 Å². The molecule has 4 nitrogen and oxygen atoms in total. The predicted octanol–water partition coefficient (Wildman–Crippen LogP) is 2.88. The summed E-state index contributed by atoms with van der Waals surface area (Å²) in [5.74, 6) is -0.0219.